The van der Waals surface area contributed by atoms with Crippen molar-refractivity contribution in [2.45, 2.75) is 13.0 Å². The van der Waals surface area contributed by atoms with Crippen LogP contribution >= 0.6 is 11.6 Å². The Morgan fingerprint density at radius 1 is 1.69 bits per heavy atom. The molecule has 0 aliphatic rings. The fourth-order valence-electron chi connectivity index (χ4n) is 1.00. The average molecular weight is 197 g/mol. The van der Waals surface area contributed by atoms with Crippen molar-refractivity contribution in [1.29, 1.82) is 0 Å². The Bertz CT molecular complexity index is 272. The van der Waals surface area contributed by atoms with Crippen LogP contribution in [0.25, 0.3) is 0 Å². The Hall–Kier alpha value is -0.860. The summed E-state index contributed by atoms with van der Waals surface area (Å²) in [6.07, 6.45) is 1.78. The molecule has 1 aromatic rings. The van der Waals surface area contributed by atoms with Gasteiger partial charge in [-0.3, -0.25) is 4.98 Å². The summed E-state index contributed by atoms with van der Waals surface area (Å²) in [7, 11) is 0. The lowest BCUT2D eigenvalue weighted by atomic mass is 10.2. The van der Waals surface area contributed by atoms with Gasteiger partial charge in [-0.2, -0.15) is 0 Å². The van der Waals surface area contributed by atoms with Gasteiger partial charge in [-0.05, 0) is 19.1 Å². The predicted octanol–water partition coefficient (Wildman–Crippen LogP) is 2.48. The Balaban J connectivity index is 2.49. The maximum Gasteiger partial charge on any atom is 0.0570 e. The molecule has 1 N–H and O–H groups in total. The molecular weight excluding hydrogens is 184 g/mol. The van der Waals surface area contributed by atoms with Crippen LogP contribution in [-0.4, -0.2) is 11.5 Å². The number of aromatic nitrogens is 1. The van der Waals surface area contributed by atoms with Crippen molar-refractivity contribution < 1.29 is 0 Å². The molecule has 70 valence electrons. The van der Waals surface area contributed by atoms with Gasteiger partial charge in [-0.1, -0.05) is 24.2 Å². The van der Waals surface area contributed by atoms with Gasteiger partial charge in [0.15, 0.2) is 0 Å². The topological polar surface area (TPSA) is 24.9 Å². The van der Waals surface area contributed by atoms with Crippen molar-refractivity contribution in [2.24, 2.45) is 0 Å². The molecule has 2 nitrogen and oxygen atoms in total. The lowest BCUT2D eigenvalue weighted by Gasteiger charge is -2.11. The molecular formula is C10H13ClN2. The molecule has 0 amide bonds. The van der Waals surface area contributed by atoms with E-state index in [0.29, 0.717) is 11.6 Å². The third kappa shape index (κ3) is 3.57. The summed E-state index contributed by atoms with van der Waals surface area (Å²) >= 11 is 5.63. The zero-order chi connectivity index (χ0) is 9.68. The van der Waals surface area contributed by atoms with E-state index in [1.807, 2.05) is 25.1 Å². The van der Waals surface area contributed by atoms with Crippen LogP contribution in [-0.2, 0) is 0 Å². The fourth-order valence-corrected chi connectivity index (χ4v) is 1.08. The Morgan fingerprint density at radius 3 is 3.00 bits per heavy atom. The number of hydrogen-bond donors (Lipinski definition) is 1. The molecule has 1 rings (SSSR count). The second kappa shape index (κ2) is 5.00. The molecule has 0 fully saturated rings. The normalized spacial score (nSPS) is 12.5. The Kier molecular flexibility index (Phi) is 3.93. The van der Waals surface area contributed by atoms with Gasteiger partial charge in [0, 0.05) is 23.8 Å². The smallest absolute Gasteiger partial charge is 0.0570 e. The number of rotatable bonds is 4. The summed E-state index contributed by atoms with van der Waals surface area (Å²) in [6.45, 7) is 6.26. The first-order chi connectivity index (χ1) is 6.20. The van der Waals surface area contributed by atoms with Gasteiger partial charge >= 0.3 is 0 Å². The highest BCUT2D eigenvalue weighted by molar-refractivity contribution is 6.29. The van der Waals surface area contributed by atoms with Crippen LogP contribution in [0, 0.1) is 0 Å². The third-order valence-electron chi connectivity index (χ3n) is 1.73. The standard InChI is InChI=1S/C10H13ClN2/c1-8(11)7-13-9(2)10-5-3-4-6-12-10/h3-6,9,13H,1,7H2,2H3/t9-/m0/s1. The van der Waals surface area contributed by atoms with Gasteiger partial charge in [0.2, 0.25) is 0 Å². The van der Waals surface area contributed by atoms with Crippen LogP contribution < -0.4 is 5.32 Å². The molecule has 0 aliphatic heterocycles. The largest absolute Gasteiger partial charge is 0.304 e. The highest BCUT2D eigenvalue weighted by Crippen LogP contribution is 2.08. The minimum Gasteiger partial charge on any atom is -0.304 e. The number of nitrogens with one attached hydrogen (secondary N) is 1. The molecule has 0 spiro atoms. The molecule has 0 radical (unpaired) electrons. The van der Waals surface area contributed by atoms with Crippen LogP contribution in [0.4, 0.5) is 0 Å². The summed E-state index contributed by atoms with van der Waals surface area (Å²) in [5.74, 6) is 0. The monoisotopic (exact) mass is 196 g/mol. The van der Waals surface area contributed by atoms with Crippen LogP contribution in [0.1, 0.15) is 18.7 Å². The zero-order valence-electron chi connectivity index (χ0n) is 7.63. The summed E-state index contributed by atoms with van der Waals surface area (Å²) in [6, 6.07) is 6.05. The minimum absolute atomic E-state index is 0.205. The van der Waals surface area contributed by atoms with E-state index in [9.17, 15) is 0 Å². The van der Waals surface area contributed by atoms with Crippen molar-refractivity contribution in [2.75, 3.05) is 6.54 Å². The van der Waals surface area contributed by atoms with E-state index >= 15 is 0 Å². The summed E-state index contributed by atoms with van der Waals surface area (Å²) < 4.78 is 0. The van der Waals surface area contributed by atoms with Gasteiger partial charge in [0.05, 0.1) is 5.69 Å². The molecule has 0 aliphatic carbocycles. The predicted molar refractivity (Wildman–Crippen MR) is 55.6 cm³/mol. The van der Waals surface area contributed by atoms with E-state index in [4.69, 9.17) is 11.6 Å². The second-order valence-corrected chi connectivity index (χ2v) is 3.41. The molecule has 0 bridgehead atoms. The summed E-state index contributed by atoms with van der Waals surface area (Å²) in [5, 5.41) is 3.82. The maximum absolute atomic E-state index is 5.63. The van der Waals surface area contributed by atoms with E-state index in [1.165, 1.54) is 0 Å². The van der Waals surface area contributed by atoms with E-state index in [2.05, 4.69) is 16.9 Å². The Labute approximate surface area is 83.6 Å². The van der Waals surface area contributed by atoms with E-state index in [0.717, 1.165) is 5.69 Å². The molecule has 13 heavy (non-hydrogen) atoms. The lowest BCUT2D eigenvalue weighted by molar-refractivity contribution is 0.598. The van der Waals surface area contributed by atoms with Crippen molar-refractivity contribution in [3.8, 4) is 0 Å². The van der Waals surface area contributed by atoms with Crippen molar-refractivity contribution >= 4 is 11.6 Å². The van der Waals surface area contributed by atoms with Crippen LogP contribution in [0.3, 0.4) is 0 Å². The highest BCUT2D eigenvalue weighted by Gasteiger charge is 2.04. The summed E-state index contributed by atoms with van der Waals surface area (Å²) in [5.41, 5.74) is 1.01. The average Bonchev–Trinajstić information content (AvgIpc) is 2.15. The highest BCUT2D eigenvalue weighted by atomic mass is 35.5. The minimum atomic E-state index is 0.205. The van der Waals surface area contributed by atoms with E-state index in [-0.39, 0.29) is 6.04 Å². The Morgan fingerprint density at radius 2 is 2.46 bits per heavy atom. The SMILES string of the molecule is C=C(Cl)CN[C@@H](C)c1ccccn1. The molecule has 0 unspecified atom stereocenters. The first-order valence-corrected chi connectivity index (χ1v) is 4.55. The molecule has 1 aromatic heterocycles. The number of nitrogens with zero attached hydrogens (tertiary/aromatic N) is 1. The third-order valence-corrected chi connectivity index (χ3v) is 1.87. The van der Waals surface area contributed by atoms with Gasteiger partial charge in [-0.15, -0.1) is 0 Å². The lowest BCUT2D eigenvalue weighted by Crippen LogP contribution is -2.20. The maximum atomic E-state index is 5.63. The van der Waals surface area contributed by atoms with Crippen molar-refractivity contribution in [3.05, 3.63) is 41.7 Å². The summed E-state index contributed by atoms with van der Waals surface area (Å²) in [4.78, 5) is 4.22. The molecule has 0 saturated heterocycles. The van der Waals surface area contributed by atoms with Crippen LogP contribution in [0.2, 0.25) is 0 Å². The van der Waals surface area contributed by atoms with Gasteiger partial charge in [0.25, 0.3) is 0 Å². The number of hydrogen-bond acceptors (Lipinski definition) is 2. The number of halogens is 1. The van der Waals surface area contributed by atoms with Gasteiger partial charge in [0.1, 0.15) is 0 Å². The first kappa shape index (κ1) is 10.2. The van der Waals surface area contributed by atoms with Gasteiger partial charge in [-0.25, -0.2) is 0 Å². The van der Waals surface area contributed by atoms with Crippen molar-refractivity contribution in [1.82, 2.24) is 10.3 Å². The second-order valence-electron chi connectivity index (χ2n) is 2.87. The van der Waals surface area contributed by atoms with Crippen LogP contribution in [0.15, 0.2) is 36.0 Å². The van der Waals surface area contributed by atoms with Crippen LogP contribution in [0.5, 0.6) is 0 Å². The zero-order valence-corrected chi connectivity index (χ0v) is 8.38. The van der Waals surface area contributed by atoms with E-state index in [1.54, 1.807) is 6.20 Å². The first-order valence-electron chi connectivity index (χ1n) is 4.17. The molecule has 0 saturated carbocycles. The quantitative estimate of drug-likeness (QED) is 0.801. The molecule has 3 heteroatoms. The van der Waals surface area contributed by atoms with E-state index < -0.39 is 0 Å². The number of pyridine rings is 1. The van der Waals surface area contributed by atoms with Crippen molar-refractivity contribution in [3.63, 3.8) is 0 Å². The molecule has 0 aromatic carbocycles. The molecule has 1 heterocycles. The van der Waals surface area contributed by atoms with Gasteiger partial charge < -0.3 is 5.32 Å². The fraction of sp³-hybridized carbons (Fsp3) is 0.300. The molecule has 1 atom stereocenters.